The highest BCUT2D eigenvalue weighted by Gasteiger charge is 2.15. The molecular weight excluding hydrogens is 200 g/mol. The lowest BCUT2D eigenvalue weighted by atomic mass is 10.1. The fourth-order valence-electron chi connectivity index (χ4n) is 1.27. The van der Waals surface area contributed by atoms with Gasteiger partial charge in [-0.25, -0.2) is 8.78 Å². The van der Waals surface area contributed by atoms with Crippen LogP contribution >= 0.6 is 0 Å². The molecule has 1 unspecified atom stereocenters. The molecule has 1 rings (SSSR count). The van der Waals surface area contributed by atoms with E-state index in [0.717, 1.165) is 12.1 Å². The second-order valence-corrected chi connectivity index (χ2v) is 3.48. The van der Waals surface area contributed by atoms with Crippen molar-refractivity contribution in [3.63, 3.8) is 0 Å². The summed E-state index contributed by atoms with van der Waals surface area (Å²) in [4.78, 5) is 12.5. The molecule has 4 heteroatoms. The lowest BCUT2D eigenvalue weighted by Gasteiger charge is -2.23. The topological polar surface area (TPSA) is 20.3 Å². The Morgan fingerprint density at radius 1 is 1.33 bits per heavy atom. The number of carbonyl (C=O) groups is 1. The first kappa shape index (κ1) is 11.6. The van der Waals surface area contributed by atoms with Crippen LogP contribution < -0.4 is 0 Å². The molecule has 0 N–H and O–H groups in total. The van der Waals surface area contributed by atoms with E-state index in [1.165, 1.54) is 17.9 Å². The Morgan fingerprint density at radius 2 is 1.93 bits per heavy atom. The third kappa shape index (κ3) is 2.52. The summed E-state index contributed by atoms with van der Waals surface area (Å²) in [5.41, 5.74) is 0.576. The highest BCUT2D eigenvalue weighted by molar-refractivity contribution is 5.73. The summed E-state index contributed by atoms with van der Waals surface area (Å²) in [6, 6.07) is 3.38. The Bertz CT molecular complexity index is 379. The van der Waals surface area contributed by atoms with Crippen LogP contribution in [0.1, 0.15) is 25.5 Å². The van der Waals surface area contributed by atoms with Crippen molar-refractivity contribution in [1.82, 2.24) is 4.90 Å². The Balaban J connectivity index is 2.96. The van der Waals surface area contributed by atoms with E-state index in [9.17, 15) is 13.6 Å². The van der Waals surface area contributed by atoms with E-state index in [0.29, 0.717) is 5.56 Å². The Kier molecular flexibility index (Phi) is 3.39. The summed E-state index contributed by atoms with van der Waals surface area (Å²) in [6.45, 7) is 3.18. The first-order valence-corrected chi connectivity index (χ1v) is 4.62. The largest absolute Gasteiger partial charge is 0.339 e. The fourth-order valence-corrected chi connectivity index (χ4v) is 1.27. The molecule has 1 aromatic rings. The average molecular weight is 213 g/mol. The minimum atomic E-state index is -0.892. The van der Waals surface area contributed by atoms with Crippen LogP contribution in [0.5, 0.6) is 0 Å². The molecule has 0 aliphatic heterocycles. The summed E-state index contributed by atoms with van der Waals surface area (Å²) in [7, 11) is 1.62. The summed E-state index contributed by atoms with van der Waals surface area (Å²) in [5.74, 6) is -1.89. The molecule has 0 aromatic heterocycles. The van der Waals surface area contributed by atoms with Gasteiger partial charge >= 0.3 is 0 Å². The predicted octanol–water partition coefficient (Wildman–Crippen LogP) is 2.50. The molecule has 0 saturated heterocycles. The third-order valence-electron chi connectivity index (χ3n) is 2.50. The average Bonchev–Trinajstić information content (AvgIpc) is 2.19. The first-order chi connectivity index (χ1) is 6.93. The van der Waals surface area contributed by atoms with E-state index in [1.807, 2.05) is 0 Å². The van der Waals surface area contributed by atoms with Crippen molar-refractivity contribution >= 4 is 5.91 Å². The maximum atomic E-state index is 12.9. The van der Waals surface area contributed by atoms with Crippen molar-refractivity contribution in [3.8, 4) is 0 Å². The van der Waals surface area contributed by atoms with Crippen molar-refractivity contribution in [2.75, 3.05) is 7.05 Å². The van der Waals surface area contributed by atoms with Crippen LogP contribution in [-0.2, 0) is 4.79 Å². The molecule has 82 valence electrons. The van der Waals surface area contributed by atoms with Gasteiger partial charge in [-0.3, -0.25) is 4.79 Å². The van der Waals surface area contributed by atoms with Crippen molar-refractivity contribution < 1.29 is 13.6 Å². The van der Waals surface area contributed by atoms with Crippen molar-refractivity contribution in [1.29, 1.82) is 0 Å². The zero-order valence-electron chi connectivity index (χ0n) is 8.92. The van der Waals surface area contributed by atoms with E-state index in [4.69, 9.17) is 0 Å². The second-order valence-electron chi connectivity index (χ2n) is 3.48. The molecule has 1 aromatic carbocycles. The quantitative estimate of drug-likeness (QED) is 0.739. The van der Waals surface area contributed by atoms with Gasteiger partial charge < -0.3 is 4.90 Å². The van der Waals surface area contributed by atoms with E-state index in [2.05, 4.69) is 0 Å². The van der Waals surface area contributed by atoms with Crippen LogP contribution in [0.15, 0.2) is 18.2 Å². The van der Waals surface area contributed by atoms with Gasteiger partial charge in [-0.05, 0) is 24.6 Å². The number of nitrogens with zero attached hydrogens (tertiary/aromatic N) is 1. The summed E-state index contributed by atoms with van der Waals surface area (Å²) >= 11 is 0. The lowest BCUT2D eigenvalue weighted by Crippen LogP contribution is -2.27. The molecule has 0 fully saturated rings. The number of hydrogen-bond donors (Lipinski definition) is 0. The van der Waals surface area contributed by atoms with Crippen molar-refractivity contribution in [2.24, 2.45) is 0 Å². The maximum Gasteiger partial charge on any atom is 0.219 e. The van der Waals surface area contributed by atoms with Crippen LogP contribution in [0.2, 0.25) is 0 Å². The van der Waals surface area contributed by atoms with Gasteiger partial charge in [-0.15, -0.1) is 0 Å². The molecule has 0 spiro atoms. The predicted molar refractivity (Wildman–Crippen MR) is 53.2 cm³/mol. The molecule has 15 heavy (non-hydrogen) atoms. The van der Waals surface area contributed by atoms with Gasteiger partial charge in [0.05, 0.1) is 6.04 Å². The Morgan fingerprint density at radius 3 is 2.40 bits per heavy atom. The van der Waals surface area contributed by atoms with E-state index in [-0.39, 0.29) is 11.9 Å². The standard InChI is InChI=1S/C11H13F2NO/c1-7(14(3)8(2)15)9-4-5-10(12)11(13)6-9/h4-7H,1-3H3. The lowest BCUT2D eigenvalue weighted by molar-refractivity contribution is -0.129. The van der Waals surface area contributed by atoms with Gasteiger partial charge in [-0.1, -0.05) is 6.07 Å². The van der Waals surface area contributed by atoms with E-state index < -0.39 is 11.6 Å². The number of hydrogen-bond acceptors (Lipinski definition) is 1. The highest BCUT2D eigenvalue weighted by atomic mass is 19.2. The summed E-state index contributed by atoms with van der Waals surface area (Å²) in [5, 5.41) is 0. The third-order valence-corrected chi connectivity index (χ3v) is 2.50. The molecular formula is C11H13F2NO. The Hall–Kier alpha value is -1.45. The number of amides is 1. The normalized spacial score (nSPS) is 12.3. The zero-order valence-corrected chi connectivity index (χ0v) is 8.92. The van der Waals surface area contributed by atoms with Crippen molar-refractivity contribution in [2.45, 2.75) is 19.9 Å². The van der Waals surface area contributed by atoms with Crippen LogP contribution in [0.4, 0.5) is 8.78 Å². The maximum absolute atomic E-state index is 12.9. The Labute approximate surface area is 87.5 Å². The number of benzene rings is 1. The monoisotopic (exact) mass is 213 g/mol. The van der Waals surface area contributed by atoms with Gasteiger partial charge in [0, 0.05) is 14.0 Å². The molecule has 0 aliphatic rings. The molecule has 0 bridgehead atoms. The van der Waals surface area contributed by atoms with E-state index >= 15 is 0 Å². The zero-order chi connectivity index (χ0) is 11.6. The highest BCUT2D eigenvalue weighted by Crippen LogP contribution is 2.20. The molecule has 0 heterocycles. The minimum Gasteiger partial charge on any atom is -0.339 e. The SMILES string of the molecule is CC(=O)N(C)C(C)c1ccc(F)c(F)c1. The van der Waals surface area contributed by atoms with Gasteiger partial charge in [0.15, 0.2) is 11.6 Å². The molecule has 0 aliphatic carbocycles. The minimum absolute atomic E-state index is 0.118. The van der Waals surface area contributed by atoms with Gasteiger partial charge in [0.1, 0.15) is 0 Å². The van der Waals surface area contributed by atoms with Gasteiger partial charge in [0.2, 0.25) is 5.91 Å². The van der Waals surface area contributed by atoms with E-state index in [1.54, 1.807) is 14.0 Å². The van der Waals surface area contributed by atoms with Gasteiger partial charge in [0.25, 0.3) is 0 Å². The molecule has 1 atom stereocenters. The summed E-state index contributed by atoms with van der Waals surface area (Å²) in [6.07, 6.45) is 0. The number of carbonyl (C=O) groups excluding carboxylic acids is 1. The van der Waals surface area contributed by atoms with Crippen LogP contribution in [0, 0.1) is 11.6 Å². The van der Waals surface area contributed by atoms with Crippen LogP contribution in [0.25, 0.3) is 0 Å². The first-order valence-electron chi connectivity index (χ1n) is 4.62. The molecule has 2 nitrogen and oxygen atoms in total. The molecule has 0 saturated carbocycles. The second kappa shape index (κ2) is 4.38. The number of halogens is 2. The van der Waals surface area contributed by atoms with Crippen LogP contribution in [0.3, 0.4) is 0 Å². The van der Waals surface area contributed by atoms with Gasteiger partial charge in [-0.2, -0.15) is 0 Å². The van der Waals surface area contributed by atoms with Crippen molar-refractivity contribution in [3.05, 3.63) is 35.4 Å². The summed E-state index contributed by atoms with van der Waals surface area (Å²) < 4.78 is 25.6. The fraction of sp³-hybridized carbons (Fsp3) is 0.364. The molecule has 0 radical (unpaired) electrons. The number of rotatable bonds is 2. The smallest absolute Gasteiger partial charge is 0.219 e. The molecule has 1 amide bonds. The van der Waals surface area contributed by atoms with Crippen LogP contribution in [-0.4, -0.2) is 17.9 Å².